The molecule has 0 saturated carbocycles. The van der Waals surface area contributed by atoms with Gasteiger partial charge in [-0.3, -0.25) is 0 Å². The monoisotopic (exact) mass is 181 g/mol. The maximum absolute atomic E-state index is 10.7. The van der Waals surface area contributed by atoms with Crippen LogP contribution in [0.5, 0.6) is 0 Å². The van der Waals surface area contributed by atoms with Gasteiger partial charge in [0.1, 0.15) is 0 Å². The Morgan fingerprint density at radius 2 is 2.23 bits per heavy atom. The van der Waals surface area contributed by atoms with Crippen molar-refractivity contribution in [2.75, 3.05) is 7.11 Å². The second kappa shape index (κ2) is 4.59. The summed E-state index contributed by atoms with van der Waals surface area (Å²) in [5.74, 6) is -0.923. The van der Waals surface area contributed by atoms with E-state index in [4.69, 9.17) is 5.11 Å². The summed E-state index contributed by atoms with van der Waals surface area (Å²) in [5, 5.41) is 8.80. The van der Waals surface area contributed by atoms with Crippen molar-refractivity contribution in [3.63, 3.8) is 0 Å². The van der Waals surface area contributed by atoms with Crippen LogP contribution in [-0.4, -0.2) is 18.2 Å². The van der Waals surface area contributed by atoms with Gasteiger partial charge in [0.15, 0.2) is 0 Å². The molecule has 0 aromatic heterocycles. The van der Waals surface area contributed by atoms with E-state index >= 15 is 0 Å². The van der Waals surface area contributed by atoms with Crippen LogP contribution in [-0.2, 0) is 11.4 Å². The zero-order valence-corrected chi connectivity index (χ0v) is 7.28. The van der Waals surface area contributed by atoms with E-state index in [1.165, 1.54) is 7.11 Å². The molecule has 2 N–H and O–H groups in total. The second-order valence-corrected chi connectivity index (χ2v) is 2.49. The number of aromatic carboxylic acids is 1. The summed E-state index contributed by atoms with van der Waals surface area (Å²) in [4.78, 5) is 15.4. The molecule has 0 unspecified atom stereocenters. The highest BCUT2D eigenvalue weighted by molar-refractivity contribution is 5.89. The Labute approximate surface area is 76.1 Å². The normalized spacial score (nSPS) is 9.92. The van der Waals surface area contributed by atoms with E-state index in [2.05, 4.69) is 10.3 Å². The molecule has 4 heteroatoms. The Morgan fingerprint density at radius 3 is 2.85 bits per heavy atom. The van der Waals surface area contributed by atoms with E-state index < -0.39 is 5.97 Å². The predicted octanol–water partition coefficient (Wildman–Crippen LogP) is 1.04. The largest absolute Gasteiger partial charge is 0.478 e. The van der Waals surface area contributed by atoms with Gasteiger partial charge in [-0.1, -0.05) is 18.2 Å². The Bertz CT molecular complexity index is 299. The summed E-state index contributed by atoms with van der Waals surface area (Å²) in [5.41, 5.74) is 3.60. The fraction of sp³-hybridized carbons (Fsp3) is 0.222. The average Bonchev–Trinajstić information content (AvgIpc) is 2.15. The number of nitrogens with one attached hydrogen (secondary N) is 1. The molecule has 0 radical (unpaired) electrons. The van der Waals surface area contributed by atoms with Crippen molar-refractivity contribution in [1.82, 2.24) is 5.48 Å². The Balaban J connectivity index is 2.84. The van der Waals surface area contributed by atoms with E-state index in [0.29, 0.717) is 17.7 Å². The maximum atomic E-state index is 10.7. The minimum atomic E-state index is -0.923. The molecule has 1 rings (SSSR count). The summed E-state index contributed by atoms with van der Waals surface area (Å²) in [6.07, 6.45) is 0. The summed E-state index contributed by atoms with van der Waals surface area (Å²) in [6.45, 7) is 0.388. The van der Waals surface area contributed by atoms with E-state index in [0.717, 1.165) is 0 Å². The molecular weight excluding hydrogens is 170 g/mol. The lowest BCUT2D eigenvalue weighted by atomic mass is 10.1. The van der Waals surface area contributed by atoms with Crippen molar-refractivity contribution in [1.29, 1.82) is 0 Å². The van der Waals surface area contributed by atoms with Gasteiger partial charge in [-0.05, 0) is 11.6 Å². The zero-order valence-electron chi connectivity index (χ0n) is 7.28. The summed E-state index contributed by atoms with van der Waals surface area (Å²) < 4.78 is 0. The van der Waals surface area contributed by atoms with Crippen LogP contribution in [0.3, 0.4) is 0 Å². The first-order valence-corrected chi connectivity index (χ1v) is 3.82. The first-order chi connectivity index (χ1) is 6.25. The van der Waals surface area contributed by atoms with Crippen molar-refractivity contribution < 1.29 is 14.7 Å². The van der Waals surface area contributed by atoms with E-state index in [-0.39, 0.29) is 0 Å². The molecule has 0 aliphatic rings. The highest BCUT2D eigenvalue weighted by atomic mass is 16.6. The van der Waals surface area contributed by atoms with Crippen molar-refractivity contribution >= 4 is 5.97 Å². The molecule has 0 atom stereocenters. The second-order valence-electron chi connectivity index (χ2n) is 2.49. The third kappa shape index (κ3) is 2.54. The minimum absolute atomic E-state index is 0.298. The van der Waals surface area contributed by atoms with Crippen LogP contribution in [0.1, 0.15) is 15.9 Å². The SMILES string of the molecule is CONCc1ccccc1C(=O)O. The molecule has 0 heterocycles. The van der Waals surface area contributed by atoms with Gasteiger partial charge in [0, 0.05) is 6.54 Å². The Kier molecular flexibility index (Phi) is 3.42. The lowest BCUT2D eigenvalue weighted by Crippen LogP contribution is -2.14. The zero-order chi connectivity index (χ0) is 9.68. The lowest BCUT2D eigenvalue weighted by Gasteiger charge is -2.05. The number of carbonyl (C=O) groups is 1. The molecule has 4 nitrogen and oxygen atoms in total. The number of hydrogen-bond donors (Lipinski definition) is 2. The Morgan fingerprint density at radius 1 is 1.54 bits per heavy atom. The highest BCUT2D eigenvalue weighted by Crippen LogP contribution is 2.07. The van der Waals surface area contributed by atoms with Gasteiger partial charge in [0.25, 0.3) is 0 Å². The molecule has 0 aliphatic carbocycles. The number of carboxylic acids is 1. The minimum Gasteiger partial charge on any atom is -0.478 e. The van der Waals surface area contributed by atoms with Crippen LogP contribution >= 0.6 is 0 Å². The first-order valence-electron chi connectivity index (χ1n) is 3.82. The van der Waals surface area contributed by atoms with Crippen molar-refractivity contribution in [2.45, 2.75) is 6.54 Å². The molecular formula is C9H11NO3. The van der Waals surface area contributed by atoms with Crippen LogP contribution < -0.4 is 5.48 Å². The first kappa shape index (κ1) is 9.70. The smallest absolute Gasteiger partial charge is 0.336 e. The van der Waals surface area contributed by atoms with E-state index in [1.807, 2.05) is 0 Å². The fourth-order valence-electron chi connectivity index (χ4n) is 1.03. The number of hydrogen-bond acceptors (Lipinski definition) is 3. The van der Waals surface area contributed by atoms with Gasteiger partial charge in [-0.2, -0.15) is 5.48 Å². The van der Waals surface area contributed by atoms with Gasteiger partial charge < -0.3 is 9.94 Å². The molecule has 70 valence electrons. The predicted molar refractivity (Wildman–Crippen MR) is 47.3 cm³/mol. The average molecular weight is 181 g/mol. The third-order valence-electron chi connectivity index (χ3n) is 1.65. The van der Waals surface area contributed by atoms with Gasteiger partial charge in [0.2, 0.25) is 0 Å². The summed E-state index contributed by atoms with van der Waals surface area (Å²) in [7, 11) is 1.49. The molecule has 0 aliphatic heterocycles. The van der Waals surface area contributed by atoms with Crippen molar-refractivity contribution in [3.05, 3.63) is 35.4 Å². The van der Waals surface area contributed by atoms with Gasteiger partial charge in [0.05, 0.1) is 12.7 Å². The summed E-state index contributed by atoms with van der Waals surface area (Å²) in [6, 6.07) is 6.79. The van der Waals surface area contributed by atoms with Crippen LogP contribution in [0.25, 0.3) is 0 Å². The molecule has 0 fully saturated rings. The van der Waals surface area contributed by atoms with E-state index in [9.17, 15) is 4.79 Å². The molecule has 1 aromatic carbocycles. The molecule has 13 heavy (non-hydrogen) atoms. The van der Waals surface area contributed by atoms with Crippen molar-refractivity contribution in [2.24, 2.45) is 0 Å². The van der Waals surface area contributed by atoms with Gasteiger partial charge in [-0.15, -0.1) is 0 Å². The number of benzene rings is 1. The van der Waals surface area contributed by atoms with Crippen molar-refractivity contribution in [3.8, 4) is 0 Å². The van der Waals surface area contributed by atoms with E-state index in [1.54, 1.807) is 24.3 Å². The molecule has 1 aromatic rings. The maximum Gasteiger partial charge on any atom is 0.336 e. The highest BCUT2D eigenvalue weighted by Gasteiger charge is 2.07. The lowest BCUT2D eigenvalue weighted by molar-refractivity contribution is 0.0688. The Hall–Kier alpha value is -1.39. The third-order valence-corrected chi connectivity index (χ3v) is 1.65. The molecule has 0 bridgehead atoms. The number of rotatable bonds is 4. The molecule has 0 saturated heterocycles. The van der Waals surface area contributed by atoms with Crippen LogP contribution in [0.4, 0.5) is 0 Å². The fourth-order valence-corrected chi connectivity index (χ4v) is 1.03. The quantitative estimate of drug-likeness (QED) is 0.681. The molecule has 0 amide bonds. The summed E-state index contributed by atoms with van der Waals surface area (Å²) >= 11 is 0. The van der Waals surface area contributed by atoms with Crippen LogP contribution in [0.2, 0.25) is 0 Å². The molecule has 0 spiro atoms. The van der Waals surface area contributed by atoms with Crippen LogP contribution in [0, 0.1) is 0 Å². The van der Waals surface area contributed by atoms with Crippen LogP contribution in [0.15, 0.2) is 24.3 Å². The number of carboxylic acid groups (broad SMARTS) is 1. The standard InChI is InChI=1S/C9H11NO3/c1-13-10-6-7-4-2-3-5-8(7)9(11)12/h2-5,10H,6H2,1H3,(H,11,12). The topological polar surface area (TPSA) is 58.6 Å². The van der Waals surface area contributed by atoms with Gasteiger partial charge in [-0.25, -0.2) is 4.79 Å². The number of hydroxylamine groups is 1. The van der Waals surface area contributed by atoms with Gasteiger partial charge >= 0.3 is 5.97 Å².